The average molecular weight is 334 g/mol. The van der Waals surface area contributed by atoms with E-state index in [9.17, 15) is 8.42 Å². The number of hydrogen-bond acceptors (Lipinski definition) is 3. The van der Waals surface area contributed by atoms with Gasteiger partial charge in [-0.25, -0.2) is 8.42 Å². The van der Waals surface area contributed by atoms with Crippen molar-refractivity contribution in [3.05, 3.63) is 28.2 Å². The van der Waals surface area contributed by atoms with Gasteiger partial charge >= 0.3 is 0 Å². The summed E-state index contributed by atoms with van der Waals surface area (Å²) in [6.45, 7) is 6.73. The fraction of sp³-hybridized carbons (Fsp3) is 0.538. The largest absolute Gasteiger partial charge is 0.319 e. The first-order valence-corrected chi connectivity index (χ1v) is 8.36. The van der Waals surface area contributed by atoms with Gasteiger partial charge in [-0.2, -0.15) is 0 Å². The van der Waals surface area contributed by atoms with E-state index in [0.29, 0.717) is 9.37 Å². The van der Waals surface area contributed by atoms with Gasteiger partial charge in [0.05, 0.1) is 10.6 Å². The highest BCUT2D eigenvalue weighted by atomic mass is 79.9. The predicted octanol–water partition coefficient (Wildman–Crippen LogP) is 2.74. The van der Waals surface area contributed by atoms with Crippen LogP contribution in [0.4, 0.5) is 0 Å². The van der Waals surface area contributed by atoms with Crippen molar-refractivity contribution in [1.82, 2.24) is 5.32 Å². The maximum absolute atomic E-state index is 11.9. The molecule has 1 aromatic rings. The molecule has 0 fully saturated rings. The second-order valence-electron chi connectivity index (χ2n) is 4.96. The third-order valence-corrected chi connectivity index (χ3v) is 5.75. The Bertz CT molecular complexity index is 524. The number of likely N-dealkylation sites (N-methyl/N-ethyl adjacent to an activating group) is 1. The number of benzene rings is 1. The quantitative estimate of drug-likeness (QED) is 0.901. The molecule has 0 saturated heterocycles. The molecule has 0 unspecified atom stereocenters. The van der Waals surface area contributed by atoms with Gasteiger partial charge in [-0.05, 0) is 40.7 Å². The first-order chi connectivity index (χ1) is 8.24. The van der Waals surface area contributed by atoms with Crippen molar-refractivity contribution in [1.29, 1.82) is 0 Å². The molecule has 1 rings (SSSR count). The fourth-order valence-corrected chi connectivity index (χ4v) is 3.93. The lowest BCUT2D eigenvalue weighted by Gasteiger charge is -2.25. The van der Waals surface area contributed by atoms with E-state index in [2.05, 4.69) is 35.1 Å². The molecule has 0 atom stereocenters. The molecular formula is C13H20BrNO2S. The van der Waals surface area contributed by atoms with Gasteiger partial charge in [-0.1, -0.05) is 26.8 Å². The standard InChI is InChI=1S/C13H20BrNO2S/c1-5-18(16,17)12-7-6-10(8-11(12)14)13(2,3)9-15-4/h6-8,15H,5,9H2,1-4H3. The first-order valence-electron chi connectivity index (χ1n) is 5.92. The summed E-state index contributed by atoms with van der Waals surface area (Å²) < 4.78 is 24.4. The molecule has 0 aliphatic carbocycles. The van der Waals surface area contributed by atoms with E-state index in [0.717, 1.165) is 12.1 Å². The smallest absolute Gasteiger partial charge is 0.179 e. The molecule has 0 aliphatic rings. The first kappa shape index (κ1) is 15.7. The van der Waals surface area contributed by atoms with Gasteiger partial charge in [0.15, 0.2) is 9.84 Å². The molecule has 102 valence electrons. The van der Waals surface area contributed by atoms with Crippen molar-refractivity contribution < 1.29 is 8.42 Å². The Morgan fingerprint density at radius 2 is 1.94 bits per heavy atom. The average Bonchev–Trinajstić information content (AvgIpc) is 2.28. The summed E-state index contributed by atoms with van der Waals surface area (Å²) in [6, 6.07) is 5.49. The molecule has 0 aromatic heterocycles. The second-order valence-corrected chi connectivity index (χ2v) is 8.06. The minimum atomic E-state index is -3.17. The second kappa shape index (κ2) is 5.72. The molecule has 0 bridgehead atoms. The number of halogens is 1. The summed E-state index contributed by atoms with van der Waals surface area (Å²) >= 11 is 3.37. The van der Waals surface area contributed by atoms with Gasteiger partial charge in [-0.3, -0.25) is 0 Å². The van der Waals surface area contributed by atoms with E-state index < -0.39 is 9.84 Å². The minimum absolute atomic E-state index is 0.0359. The van der Waals surface area contributed by atoms with Crippen molar-refractivity contribution >= 4 is 25.8 Å². The van der Waals surface area contributed by atoms with Crippen LogP contribution in [0.2, 0.25) is 0 Å². The topological polar surface area (TPSA) is 46.2 Å². The van der Waals surface area contributed by atoms with Crippen LogP contribution >= 0.6 is 15.9 Å². The summed E-state index contributed by atoms with van der Waals surface area (Å²) in [5.41, 5.74) is 1.07. The number of sulfone groups is 1. The molecule has 3 nitrogen and oxygen atoms in total. The third kappa shape index (κ3) is 3.33. The molecule has 0 heterocycles. The van der Waals surface area contributed by atoms with Crippen LogP contribution < -0.4 is 5.32 Å². The van der Waals surface area contributed by atoms with E-state index in [-0.39, 0.29) is 11.2 Å². The third-order valence-electron chi connectivity index (χ3n) is 3.05. The van der Waals surface area contributed by atoms with E-state index in [1.807, 2.05) is 19.2 Å². The number of nitrogens with one attached hydrogen (secondary N) is 1. The summed E-state index contributed by atoms with van der Waals surface area (Å²) in [5.74, 6) is 0.116. The molecule has 1 aromatic carbocycles. The van der Waals surface area contributed by atoms with Gasteiger partial charge in [0.25, 0.3) is 0 Å². The fourth-order valence-electron chi connectivity index (χ4n) is 1.87. The van der Waals surface area contributed by atoms with Crippen LogP contribution in [-0.2, 0) is 15.3 Å². The Labute approximate surface area is 118 Å². The normalized spacial score (nSPS) is 12.7. The lowest BCUT2D eigenvalue weighted by Crippen LogP contribution is -2.30. The maximum Gasteiger partial charge on any atom is 0.179 e. The Kier molecular flexibility index (Phi) is 4.98. The lowest BCUT2D eigenvalue weighted by molar-refractivity contribution is 0.493. The summed E-state index contributed by atoms with van der Waals surface area (Å²) in [5, 5.41) is 3.15. The number of hydrogen-bond donors (Lipinski definition) is 1. The number of rotatable bonds is 5. The van der Waals surface area contributed by atoms with Gasteiger partial charge in [0, 0.05) is 16.4 Å². The highest BCUT2D eigenvalue weighted by molar-refractivity contribution is 9.10. The summed E-state index contributed by atoms with van der Waals surface area (Å²) in [7, 11) is -1.26. The summed E-state index contributed by atoms with van der Waals surface area (Å²) in [6.07, 6.45) is 0. The highest BCUT2D eigenvalue weighted by Crippen LogP contribution is 2.30. The molecule has 0 aliphatic heterocycles. The zero-order valence-electron chi connectivity index (χ0n) is 11.2. The Hall–Kier alpha value is -0.390. The molecule has 0 amide bonds. The molecule has 0 saturated carbocycles. The Morgan fingerprint density at radius 3 is 2.39 bits per heavy atom. The zero-order chi connectivity index (χ0) is 14.0. The van der Waals surface area contributed by atoms with Crippen LogP contribution in [0.5, 0.6) is 0 Å². The van der Waals surface area contributed by atoms with Crippen molar-refractivity contribution in [2.45, 2.75) is 31.1 Å². The van der Waals surface area contributed by atoms with E-state index in [1.165, 1.54) is 0 Å². The molecule has 0 radical (unpaired) electrons. The van der Waals surface area contributed by atoms with Crippen molar-refractivity contribution in [3.63, 3.8) is 0 Å². The van der Waals surface area contributed by atoms with Gasteiger partial charge < -0.3 is 5.32 Å². The minimum Gasteiger partial charge on any atom is -0.319 e. The molecule has 5 heteroatoms. The monoisotopic (exact) mass is 333 g/mol. The van der Waals surface area contributed by atoms with Crippen molar-refractivity contribution in [2.75, 3.05) is 19.3 Å². The van der Waals surface area contributed by atoms with Gasteiger partial charge in [0.1, 0.15) is 0 Å². The molecule has 0 spiro atoms. The van der Waals surface area contributed by atoms with Crippen molar-refractivity contribution in [3.8, 4) is 0 Å². The van der Waals surface area contributed by atoms with Crippen molar-refractivity contribution in [2.24, 2.45) is 0 Å². The predicted molar refractivity (Wildman–Crippen MR) is 78.8 cm³/mol. The van der Waals surface area contributed by atoms with Crippen LogP contribution in [0, 0.1) is 0 Å². The van der Waals surface area contributed by atoms with Crippen LogP contribution in [0.1, 0.15) is 26.3 Å². The van der Waals surface area contributed by atoms with Crippen LogP contribution in [0.3, 0.4) is 0 Å². The molecule has 1 N–H and O–H groups in total. The van der Waals surface area contributed by atoms with Gasteiger partial charge in [0.2, 0.25) is 0 Å². The lowest BCUT2D eigenvalue weighted by atomic mass is 9.85. The van der Waals surface area contributed by atoms with Crippen LogP contribution in [0.15, 0.2) is 27.6 Å². The van der Waals surface area contributed by atoms with Crippen LogP contribution in [0.25, 0.3) is 0 Å². The SMILES string of the molecule is CCS(=O)(=O)c1ccc(C(C)(C)CNC)cc1Br. The van der Waals surface area contributed by atoms with Crippen LogP contribution in [-0.4, -0.2) is 27.8 Å². The Balaban J connectivity index is 3.23. The highest BCUT2D eigenvalue weighted by Gasteiger charge is 2.22. The van der Waals surface area contributed by atoms with E-state index >= 15 is 0 Å². The summed E-state index contributed by atoms with van der Waals surface area (Å²) in [4.78, 5) is 0.369. The maximum atomic E-state index is 11.9. The van der Waals surface area contributed by atoms with Gasteiger partial charge in [-0.15, -0.1) is 0 Å². The molecule has 18 heavy (non-hydrogen) atoms. The molecular weight excluding hydrogens is 314 g/mol. The van der Waals surface area contributed by atoms with E-state index in [4.69, 9.17) is 0 Å². The van der Waals surface area contributed by atoms with E-state index in [1.54, 1.807) is 13.0 Å². The Morgan fingerprint density at radius 1 is 1.33 bits per heavy atom. The zero-order valence-corrected chi connectivity index (χ0v) is 13.7.